The number of aliphatic hydroxyl groups is 1. The van der Waals surface area contributed by atoms with Gasteiger partial charge in [0.15, 0.2) is 23.1 Å². The van der Waals surface area contributed by atoms with Crippen LogP contribution >= 0.6 is 0 Å². The minimum atomic E-state index is -4.14. The Balaban J connectivity index is 1.89. The maximum absolute atomic E-state index is 13.7. The third-order valence-electron chi connectivity index (χ3n) is 6.44. The number of nitrogens with zero attached hydrogens (tertiary/aromatic N) is 3. The van der Waals surface area contributed by atoms with Gasteiger partial charge in [0, 0.05) is 6.21 Å². The number of methoxy groups -OCH3 is 1. The lowest BCUT2D eigenvalue weighted by atomic mass is 9.87. The molecule has 10 nitrogen and oxygen atoms in total. The molecule has 4 rings (SSSR count). The molecule has 1 aliphatic rings. The Labute approximate surface area is 246 Å². The summed E-state index contributed by atoms with van der Waals surface area (Å²) in [7, 11) is -2.65. The number of hydrogen-bond acceptors (Lipinski definition) is 9. The van der Waals surface area contributed by atoms with Crippen LogP contribution < -0.4 is 18.9 Å². The van der Waals surface area contributed by atoms with Gasteiger partial charge in [0.05, 0.1) is 18.6 Å². The average Bonchev–Trinajstić information content (AvgIpc) is 2.95. The highest BCUT2D eigenvalue weighted by Crippen LogP contribution is 2.41. The van der Waals surface area contributed by atoms with Crippen LogP contribution in [0.3, 0.4) is 0 Å². The zero-order chi connectivity index (χ0) is 30.3. The predicted molar refractivity (Wildman–Crippen MR) is 163 cm³/mol. The number of nitrogens with one attached hydrogen (secondary N) is 1. The van der Waals surface area contributed by atoms with Crippen LogP contribution in [0, 0.1) is 0 Å². The van der Waals surface area contributed by atoms with E-state index >= 15 is 0 Å². The predicted octanol–water partition coefficient (Wildman–Crippen LogP) is 5.90. The third-order valence-corrected chi connectivity index (χ3v) is 7.79. The number of allylic oxidation sites excluding steroid dienone is 3. The summed E-state index contributed by atoms with van der Waals surface area (Å²) in [6, 6.07) is 13.5. The van der Waals surface area contributed by atoms with E-state index in [0.717, 1.165) is 17.6 Å². The van der Waals surface area contributed by atoms with Crippen LogP contribution in [0.15, 0.2) is 76.1 Å². The SMILES string of the molecule is COc1ccccc1Oc1c(NS(=O)(=O)c2ccc(C(C)(C)C)cc2)nc(C2=C(C)CC/C=C\C=N2)nc1OCCO. The number of ether oxygens (including phenoxy) is 3. The summed E-state index contributed by atoms with van der Waals surface area (Å²) < 4.78 is 47.3. The number of hydrogen-bond donors (Lipinski definition) is 2. The zero-order valence-corrected chi connectivity index (χ0v) is 25.2. The Kier molecular flexibility index (Phi) is 9.64. The summed E-state index contributed by atoms with van der Waals surface area (Å²) in [6.45, 7) is 7.65. The van der Waals surface area contributed by atoms with Crippen molar-refractivity contribution in [1.29, 1.82) is 0 Å². The molecule has 0 atom stereocenters. The van der Waals surface area contributed by atoms with Crippen molar-refractivity contribution < 1.29 is 27.7 Å². The molecule has 2 aromatic carbocycles. The Morgan fingerprint density at radius 3 is 2.40 bits per heavy atom. The maximum atomic E-state index is 13.7. The minimum Gasteiger partial charge on any atom is -0.493 e. The fourth-order valence-electron chi connectivity index (χ4n) is 4.12. The summed E-state index contributed by atoms with van der Waals surface area (Å²) in [6.07, 6.45) is 6.98. The number of rotatable bonds is 10. The van der Waals surface area contributed by atoms with E-state index in [0.29, 0.717) is 17.9 Å². The van der Waals surface area contributed by atoms with E-state index in [1.165, 1.54) is 7.11 Å². The number of anilines is 1. The van der Waals surface area contributed by atoms with Crippen molar-refractivity contribution in [2.45, 2.75) is 50.8 Å². The zero-order valence-electron chi connectivity index (χ0n) is 24.4. The molecule has 11 heteroatoms. The summed E-state index contributed by atoms with van der Waals surface area (Å²) >= 11 is 0. The normalized spacial score (nSPS) is 14.6. The minimum absolute atomic E-state index is 0.0428. The van der Waals surface area contributed by atoms with Gasteiger partial charge in [-0.15, -0.1) is 0 Å². The molecule has 0 amide bonds. The van der Waals surface area contributed by atoms with E-state index in [2.05, 4.69) is 40.5 Å². The van der Waals surface area contributed by atoms with Crippen LogP contribution in [-0.4, -0.2) is 50.0 Å². The van der Waals surface area contributed by atoms with Gasteiger partial charge >= 0.3 is 0 Å². The second kappa shape index (κ2) is 13.2. The van der Waals surface area contributed by atoms with Crippen molar-refractivity contribution in [1.82, 2.24) is 9.97 Å². The Morgan fingerprint density at radius 2 is 1.74 bits per heavy atom. The molecule has 2 heterocycles. The quantitative estimate of drug-likeness (QED) is 0.297. The second-order valence-corrected chi connectivity index (χ2v) is 12.3. The molecule has 222 valence electrons. The van der Waals surface area contributed by atoms with E-state index < -0.39 is 10.0 Å². The van der Waals surface area contributed by atoms with Gasteiger partial charge in [-0.25, -0.2) is 13.4 Å². The molecule has 0 aliphatic carbocycles. The van der Waals surface area contributed by atoms with Crippen molar-refractivity contribution in [2.24, 2.45) is 4.99 Å². The molecule has 0 unspecified atom stereocenters. The first-order chi connectivity index (χ1) is 20.0. The molecular weight excluding hydrogens is 556 g/mol. The third kappa shape index (κ3) is 7.34. The standard InChI is InChI=1S/C31H36N4O6S/c1-21-11-7-6-10-18-32-26(21)28-33-29(35-42(37,38)23-16-14-22(15-17-23)31(2,3)4)27(30(34-28)40-20-19-36)41-25-13-9-8-12-24(25)39-5/h6,8-10,12-18,36H,7,11,19-20H2,1-5H3,(H,33,34,35)/b10-6-,26-21?,32-18?. The Hall–Kier alpha value is -4.22. The Bertz CT molecular complexity index is 1610. The summed E-state index contributed by atoms with van der Waals surface area (Å²) in [4.78, 5) is 13.7. The molecule has 0 bridgehead atoms. The lowest BCUT2D eigenvalue weighted by Crippen LogP contribution is -2.18. The van der Waals surface area contributed by atoms with Crippen molar-refractivity contribution in [3.63, 3.8) is 0 Å². The molecule has 0 saturated heterocycles. The van der Waals surface area contributed by atoms with Crippen LogP contribution in [0.2, 0.25) is 0 Å². The van der Waals surface area contributed by atoms with Crippen LogP contribution in [0.5, 0.6) is 23.1 Å². The highest BCUT2D eigenvalue weighted by Gasteiger charge is 2.27. The van der Waals surface area contributed by atoms with Gasteiger partial charge < -0.3 is 19.3 Å². The molecule has 2 N–H and O–H groups in total. The first-order valence-electron chi connectivity index (χ1n) is 13.5. The summed E-state index contributed by atoms with van der Waals surface area (Å²) in [5.41, 5.74) is 2.23. The number of benzene rings is 2. The fraction of sp³-hybridized carbons (Fsp3) is 0.323. The number of aliphatic hydroxyl groups excluding tert-OH is 1. The lowest BCUT2D eigenvalue weighted by Gasteiger charge is -2.20. The number of aliphatic imine (C=N–C) groups is 1. The maximum Gasteiger partial charge on any atom is 0.263 e. The van der Waals surface area contributed by atoms with Crippen LogP contribution in [-0.2, 0) is 15.4 Å². The molecule has 3 aromatic rings. The van der Waals surface area contributed by atoms with Gasteiger partial charge in [-0.05, 0) is 66.7 Å². The highest BCUT2D eigenvalue weighted by atomic mass is 32.2. The van der Waals surface area contributed by atoms with Crippen LogP contribution in [0.1, 0.15) is 51.9 Å². The average molecular weight is 593 g/mol. The molecular formula is C31H36N4O6S. The van der Waals surface area contributed by atoms with E-state index in [9.17, 15) is 13.5 Å². The van der Waals surface area contributed by atoms with Gasteiger partial charge in [-0.1, -0.05) is 51.1 Å². The molecule has 0 spiro atoms. The molecule has 0 fully saturated rings. The number of sulfonamides is 1. The molecule has 0 saturated carbocycles. The van der Waals surface area contributed by atoms with Gasteiger partial charge in [-0.2, -0.15) is 4.98 Å². The van der Waals surface area contributed by atoms with E-state index in [1.54, 1.807) is 54.7 Å². The van der Waals surface area contributed by atoms with Crippen molar-refractivity contribution in [3.05, 3.63) is 77.6 Å². The van der Waals surface area contributed by atoms with Crippen molar-refractivity contribution in [2.75, 3.05) is 25.0 Å². The monoisotopic (exact) mass is 592 g/mol. The van der Waals surface area contributed by atoms with E-state index in [-0.39, 0.29) is 52.5 Å². The summed E-state index contributed by atoms with van der Waals surface area (Å²) in [5.74, 6) is 0.487. The number of aromatic nitrogens is 2. The van der Waals surface area contributed by atoms with Crippen molar-refractivity contribution in [3.8, 4) is 23.1 Å². The van der Waals surface area contributed by atoms with Gasteiger partial charge in [0.2, 0.25) is 5.75 Å². The van der Waals surface area contributed by atoms with Crippen LogP contribution in [0.25, 0.3) is 5.70 Å². The summed E-state index contributed by atoms with van der Waals surface area (Å²) in [5, 5.41) is 9.52. The molecule has 1 aromatic heterocycles. The first-order valence-corrected chi connectivity index (χ1v) is 15.0. The van der Waals surface area contributed by atoms with Gasteiger partial charge in [0.25, 0.3) is 15.9 Å². The van der Waals surface area contributed by atoms with E-state index in [1.807, 2.05) is 19.1 Å². The van der Waals surface area contributed by atoms with Crippen molar-refractivity contribution >= 4 is 27.8 Å². The van der Waals surface area contributed by atoms with E-state index in [4.69, 9.17) is 14.2 Å². The molecule has 42 heavy (non-hydrogen) atoms. The fourth-order valence-corrected chi connectivity index (χ4v) is 5.13. The Morgan fingerprint density at radius 1 is 1.02 bits per heavy atom. The lowest BCUT2D eigenvalue weighted by molar-refractivity contribution is 0.192. The highest BCUT2D eigenvalue weighted by molar-refractivity contribution is 7.92. The van der Waals surface area contributed by atoms with Crippen LogP contribution in [0.4, 0.5) is 5.82 Å². The largest absolute Gasteiger partial charge is 0.493 e. The first kappa shape index (κ1) is 30.7. The number of para-hydroxylation sites is 2. The van der Waals surface area contributed by atoms with Gasteiger partial charge in [-0.3, -0.25) is 9.71 Å². The topological polar surface area (TPSA) is 132 Å². The smallest absolute Gasteiger partial charge is 0.263 e. The molecule has 1 aliphatic heterocycles. The molecule has 0 radical (unpaired) electrons. The van der Waals surface area contributed by atoms with Gasteiger partial charge in [0.1, 0.15) is 12.3 Å². The second-order valence-electron chi connectivity index (χ2n) is 10.6.